The molecule has 3 rings (SSSR count). The first kappa shape index (κ1) is 20.7. The highest BCUT2D eigenvalue weighted by molar-refractivity contribution is 7.89. The van der Waals surface area contributed by atoms with E-state index < -0.39 is 16.0 Å². The van der Waals surface area contributed by atoms with Crippen molar-refractivity contribution in [1.82, 2.24) is 14.3 Å². The first-order valence-corrected chi connectivity index (χ1v) is 10.4. The first-order valence-electron chi connectivity index (χ1n) is 8.92. The van der Waals surface area contributed by atoms with Crippen molar-refractivity contribution in [1.29, 1.82) is 0 Å². The molecule has 0 atom stereocenters. The Labute approximate surface area is 168 Å². The van der Waals surface area contributed by atoms with Crippen LogP contribution in [0.15, 0.2) is 58.2 Å². The molecule has 152 valence electrons. The minimum atomic E-state index is -3.56. The van der Waals surface area contributed by atoms with Crippen molar-refractivity contribution >= 4 is 26.9 Å². The number of nitrogens with one attached hydrogen (secondary N) is 1. The number of aromatic amines is 1. The normalized spacial score (nSPS) is 11.7. The van der Waals surface area contributed by atoms with Crippen LogP contribution in [0.4, 0.5) is 0 Å². The summed E-state index contributed by atoms with van der Waals surface area (Å²) in [6.07, 6.45) is 0.269. The summed E-state index contributed by atoms with van der Waals surface area (Å²) >= 11 is 0. The van der Waals surface area contributed by atoms with E-state index in [4.69, 9.17) is 4.74 Å². The highest BCUT2D eigenvalue weighted by Gasteiger charge is 2.17. The van der Waals surface area contributed by atoms with Crippen LogP contribution in [0, 0.1) is 0 Å². The van der Waals surface area contributed by atoms with Gasteiger partial charge in [0.15, 0.2) is 0 Å². The van der Waals surface area contributed by atoms with Gasteiger partial charge in [0.05, 0.1) is 22.2 Å². The van der Waals surface area contributed by atoms with E-state index in [1.54, 1.807) is 36.4 Å². The second-order valence-corrected chi connectivity index (χ2v) is 8.78. The number of nitrogens with zero attached hydrogens (tertiary/aromatic N) is 2. The van der Waals surface area contributed by atoms with E-state index in [2.05, 4.69) is 9.97 Å². The Morgan fingerprint density at radius 3 is 2.66 bits per heavy atom. The number of carbonyl (C=O) groups is 1. The predicted octanol–water partition coefficient (Wildman–Crippen LogP) is 1.85. The number of aromatic nitrogens is 2. The fourth-order valence-electron chi connectivity index (χ4n) is 2.72. The molecule has 1 heterocycles. The summed E-state index contributed by atoms with van der Waals surface area (Å²) in [6, 6.07) is 13.2. The lowest BCUT2D eigenvalue weighted by Gasteiger charge is -2.12. The second kappa shape index (κ2) is 8.54. The van der Waals surface area contributed by atoms with Gasteiger partial charge in [-0.2, -0.15) is 0 Å². The van der Waals surface area contributed by atoms with Crippen LogP contribution in [-0.4, -0.2) is 42.8 Å². The largest absolute Gasteiger partial charge is 0.461 e. The number of hydrogen-bond donors (Lipinski definition) is 1. The van der Waals surface area contributed by atoms with Gasteiger partial charge in [-0.25, -0.2) is 17.7 Å². The number of esters is 1. The van der Waals surface area contributed by atoms with Crippen LogP contribution in [0.25, 0.3) is 10.9 Å². The van der Waals surface area contributed by atoms with Gasteiger partial charge in [0.25, 0.3) is 5.56 Å². The summed E-state index contributed by atoms with van der Waals surface area (Å²) < 4.78 is 30.7. The summed E-state index contributed by atoms with van der Waals surface area (Å²) in [4.78, 5) is 31.3. The van der Waals surface area contributed by atoms with Crippen LogP contribution in [-0.2, 0) is 32.6 Å². The Bertz CT molecular complexity index is 1200. The Morgan fingerprint density at radius 2 is 1.90 bits per heavy atom. The van der Waals surface area contributed by atoms with Gasteiger partial charge in [-0.05, 0) is 29.8 Å². The third-order valence-corrected chi connectivity index (χ3v) is 6.12. The molecule has 8 nitrogen and oxygen atoms in total. The van der Waals surface area contributed by atoms with Crippen LogP contribution in [0.3, 0.4) is 0 Å². The van der Waals surface area contributed by atoms with Gasteiger partial charge in [0, 0.05) is 20.5 Å². The maximum Gasteiger partial charge on any atom is 0.306 e. The maximum atomic E-state index is 12.2. The van der Waals surface area contributed by atoms with Crippen LogP contribution in [0.2, 0.25) is 0 Å². The minimum Gasteiger partial charge on any atom is -0.461 e. The predicted molar refractivity (Wildman–Crippen MR) is 108 cm³/mol. The molecule has 29 heavy (non-hydrogen) atoms. The molecule has 0 bridgehead atoms. The number of aryl methyl sites for hydroxylation is 1. The molecule has 0 fully saturated rings. The Hall–Kier alpha value is -3.04. The van der Waals surface area contributed by atoms with Gasteiger partial charge in [-0.3, -0.25) is 9.59 Å². The molecule has 0 unspecified atom stereocenters. The number of fused-ring (bicyclic) bond motifs is 1. The molecule has 0 spiro atoms. The molecular weight excluding hydrogens is 394 g/mol. The van der Waals surface area contributed by atoms with Gasteiger partial charge in [0.2, 0.25) is 10.0 Å². The zero-order valence-corrected chi connectivity index (χ0v) is 16.9. The van der Waals surface area contributed by atoms with Crippen molar-refractivity contribution in [3.05, 3.63) is 70.3 Å². The van der Waals surface area contributed by atoms with E-state index in [1.165, 1.54) is 26.2 Å². The van der Waals surface area contributed by atoms with Crippen LogP contribution in [0.1, 0.15) is 17.8 Å². The second-order valence-electron chi connectivity index (χ2n) is 6.63. The van der Waals surface area contributed by atoms with Gasteiger partial charge < -0.3 is 9.72 Å². The average Bonchev–Trinajstić information content (AvgIpc) is 2.71. The molecule has 9 heteroatoms. The standard InChI is InChI=1S/C20H21N3O5S/c1-23(2)29(26,27)15-7-5-6-14(12-15)13-28-19(24)11-10-18-21-17-9-4-3-8-16(17)20(25)22-18/h3-9,12H,10-11,13H2,1-2H3,(H,21,22,25). The Balaban J connectivity index is 1.60. The molecular formula is C20H21N3O5S. The van der Waals surface area contributed by atoms with E-state index in [1.807, 2.05) is 0 Å². The number of sulfonamides is 1. The molecule has 0 amide bonds. The lowest BCUT2D eigenvalue weighted by atomic mass is 10.2. The van der Waals surface area contributed by atoms with Gasteiger partial charge in [-0.1, -0.05) is 24.3 Å². The van der Waals surface area contributed by atoms with E-state index in [-0.39, 0.29) is 29.9 Å². The summed E-state index contributed by atoms with van der Waals surface area (Å²) in [6.45, 7) is -0.0444. The molecule has 1 aromatic heterocycles. The smallest absolute Gasteiger partial charge is 0.306 e. The molecule has 0 saturated heterocycles. The van der Waals surface area contributed by atoms with Crippen molar-refractivity contribution in [2.24, 2.45) is 0 Å². The highest BCUT2D eigenvalue weighted by atomic mass is 32.2. The third-order valence-electron chi connectivity index (χ3n) is 4.30. The maximum absolute atomic E-state index is 12.2. The average molecular weight is 415 g/mol. The van der Waals surface area contributed by atoms with E-state index in [9.17, 15) is 18.0 Å². The summed E-state index contributed by atoms with van der Waals surface area (Å²) in [5.41, 5.74) is 0.884. The zero-order chi connectivity index (χ0) is 21.0. The highest BCUT2D eigenvalue weighted by Crippen LogP contribution is 2.16. The molecule has 0 aliphatic heterocycles. The SMILES string of the molecule is CN(C)S(=O)(=O)c1cccc(COC(=O)CCc2nc3ccccc3c(=O)[nH]2)c1. The number of ether oxygens (including phenoxy) is 1. The monoisotopic (exact) mass is 415 g/mol. The van der Waals surface area contributed by atoms with Crippen LogP contribution in [0.5, 0.6) is 0 Å². The van der Waals surface area contributed by atoms with Gasteiger partial charge >= 0.3 is 5.97 Å². The third kappa shape index (κ3) is 4.87. The van der Waals surface area contributed by atoms with Crippen molar-refractivity contribution < 1.29 is 17.9 Å². The van der Waals surface area contributed by atoms with E-state index >= 15 is 0 Å². The molecule has 1 N–H and O–H groups in total. The van der Waals surface area contributed by atoms with E-state index in [0.717, 1.165) is 4.31 Å². The minimum absolute atomic E-state index is 0.0387. The van der Waals surface area contributed by atoms with Crippen molar-refractivity contribution in [3.8, 4) is 0 Å². The lowest BCUT2D eigenvalue weighted by Crippen LogP contribution is -2.22. The Morgan fingerprint density at radius 1 is 1.14 bits per heavy atom. The van der Waals surface area contributed by atoms with Gasteiger partial charge in [-0.15, -0.1) is 0 Å². The summed E-state index contributed by atoms with van der Waals surface area (Å²) in [5.74, 6) is -0.0635. The summed E-state index contributed by atoms with van der Waals surface area (Å²) in [7, 11) is -0.652. The van der Waals surface area contributed by atoms with Gasteiger partial charge in [0.1, 0.15) is 12.4 Å². The number of H-pyrrole nitrogens is 1. The molecule has 2 aromatic carbocycles. The molecule has 0 aliphatic rings. The molecule has 0 radical (unpaired) electrons. The van der Waals surface area contributed by atoms with Crippen molar-refractivity contribution in [2.75, 3.05) is 14.1 Å². The molecule has 0 saturated carbocycles. The number of hydrogen-bond acceptors (Lipinski definition) is 6. The number of benzene rings is 2. The topological polar surface area (TPSA) is 109 Å². The lowest BCUT2D eigenvalue weighted by molar-refractivity contribution is -0.144. The quantitative estimate of drug-likeness (QED) is 0.590. The Kier molecular flexibility index (Phi) is 6.09. The fraction of sp³-hybridized carbons (Fsp3) is 0.250. The number of rotatable bonds is 7. The van der Waals surface area contributed by atoms with Crippen LogP contribution < -0.4 is 5.56 Å². The molecule has 3 aromatic rings. The van der Waals surface area contributed by atoms with E-state index in [0.29, 0.717) is 22.3 Å². The number of para-hydroxylation sites is 1. The first-order chi connectivity index (χ1) is 13.8. The van der Waals surface area contributed by atoms with Crippen LogP contribution >= 0.6 is 0 Å². The molecule has 0 aliphatic carbocycles. The number of carbonyl (C=O) groups excluding carboxylic acids is 1. The van der Waals surface area contributed by atoms with Crippen molar-refractivity contribution in [2.45, 2.75) is 24.3 Å². The zero-order valence-electron chi connectivity index (χ0n) is 16.1. The summed E-state index contributed by atoms with van der Waals surface area (Å²) in [5, 5.41) is 0.492. The van der Waals surface area contributed by atoms with Crippen molar-refractivity contribution in [3.63, 3.8) is 0 Å². The fourth-order valence-corrected chi connectivity index (χ4v) is 3.69.